The van der Waals surface area contributed by atoms with Gasteiger partial charge in [-0.15, -0.1) is 0 Å². The number of carbonyl (C=O) groups excluding carboxylic acids is 1. The molecule has 0 aliphatic carbocycles. The van der Waals surface area contributed by atoms with E-state index in [-0.39, 0.29) is 6.61 Å². The van der Waals surface area contributed by atoms with Crippen molar-refractivity contribution in [2.45, 2.75) is 20.0 Å². The van der Waals surface area contributed by atoms with Crippen molar-refractivity contribution >= 4 is 16.9 Å². The topological polar surface area (TPSA) is 84.2 Å². The Kier molecular flexibility index (Phi) is 6.07. The van der Waals surface area contributed by atoms with Crippen LogP contribution in [0.15, 0.2) is 51.7 Å². The van der Waals surface area contributed by atoms with E-state index in [4.69, 9.17) is 23.4 Å². The Labute approximate surface area is 167 Å². The lowest BCUT2D eigenvalue weighted by Crippen LogP contribution is -2.26. The molecule has 1 aromatic heterocycles. The summed E-state index contributed by atoms with van der Waals surface area (Å²) in [5.74, 6) is 1.06. The van der Waals surface area contributed by atoms with E-state index in [1.165, 1.54) is 7.11 Å². The van der Waals surface area contributed by atoms with Crippen LogP contribution in [0.25, 0.3) is 22.1 Å². The van der Waals surface area contributed by atoms with E-state index in [2.05, 4.69) is 0 Å². The highest BCUT2D eigenvalue weighted by molar-refractivity contribution is 5.84. The summed E-state index contributed by atoms with van der Waals surface area (Å²) in [4.78, 5) is 24.4. The summed E-state index contributed by atoms with van der Waals surface area (Å²) in [5.41, 5.74) is 0.731. The number of rotatable bonds is 7. The largest absolute Gasteiger partial charge is 0.497 e. The van der Waals surface area contributed by atoms with Gasteiger partial charge in [-0.3, -0.25) is 0 Å². The molecule has 0 bridgehead atoms. The molecule has 152 valence electrons. The number of carbonyl (C=O) groups is 1. The molecule has 7 nitrogen and oxygen atoms in total. The average molecular weight is 398 g/mol. The van der Waals surface area contributed by atoms with Crippen molar-refractivity contribution in [1.82, 2.24) is 0 Å². The van der Waals surface area contributed by atoms with Crippen LogP contribution in [0.1, 0.15) is 13.8 Å². The molecule has 0 spiro atoms. The minimum atomic E-state index is -0.778. The number of benzene rings is 2. The van der Waals surface area contributed by atoms with Crippen LogP contribution in [-0.2, 0) is 9.53 Å². The first-order chi connectivity index (χ1) is 14.0. The molecule has 0 N–H and O–H groups in total. The molecule has 3 aromatic rings. The third-order valence-electron chi connectivity index (χ3n) is 4.34. The summed E-state index contributed by atoms with van der Waals surface area (Å²) in [6.45, 7) is 3.59. The Morgan fingerprint density at radius 2 is 1.76 bits per heavy atom. The van der Waals surface area contributed by atoms with Crippen LogP contribution < -0.4 is 19.8 Å². The molecule has 1 atom stereocenters. The summed E-state index contributed by atoms with van der Waals surface area (Å²) in [7, 11) is 3.08. The Hall–Kier alpha value is -3.48. The Balaban J connectivity index is 1.99. The Morgan fingerprint density at radius 3 is 2.45 bits per heavy atom. The van der Waals surface area contributed by atoms with E-state index in [1.54, 1.807) is 63.4 Å². The van der Waals surface area contributed by atoms with Crippen LogP contribution >= 0.6 is 0 Å². The molecule has 0 saturated carbocycles. The normalized spacial score (nSPS) is 11.7. The van der Waals surface area contributed by atoms with Crippen molar-refractivity contribution in [3.05, 3.63) is 52.9 Å². The highest BCUT2D eigenvalue weighted by atomic mass is 16.6. The fourth-order valence-corrected chi connectivity index (χ4v) is 2.89. The highest BCUT2D eigenvalue weighted by Crippen LogP contribution is 2.33. The standard InChI is InChI=1S/C22H22O7/c1-5-27-21(23)13(2)28-16-7-6-14-10-18(22(24)29-20(14)12-16)17-11-15(25-3)8-9-19(17)26-4/h6-13H,5H2,1-4H3. The van der Waals surface area contributed by atoms with Crippen LogP contribution in [0, 0.1) is 0 Å². The zero-order chi connectivity index (χ0) is 21.0. The van der Waals surface area contributed by atoms with Gasteiger partial charge in [-0.1, -0.05) is 0 Å². The van der Waals surface area contributed by atoms with Crippen molar-refractivity contribution in [1.29, 1.82) is 0 Å². The summed E-state index contributed by atoms with van der Waals surface area (Å²) < 4.78 is 26.6. The van der Waals surface area contributed by atoms with Crippen molar-refractivity contribution < 1.29 is 28.2 Å². The Bertz CT molecular complexity index is 1080. The number of hydrogen-bond acceptors (Lipinski definition) is 7. The van der Waals surface area contributed by atoms with Crippen LogP contribution in [0.5, 0.6) is 17.2 Å². The molecule has 2 aromatic carbocycles. The summed E-state index contributed by atoms with van der Waals surface area (Å²) in [6, 6.07) is 11.9. The first-order valence-electron chi connectivity index (χ1n) is 9.10. The molecule has 0 amide bonds. The maximum Gasteiger partial charge on any atom is 0.347 e. The quantitative estimate of drug-likeness (QED) is 0.442. The second-order valence-electron chi connectivity index (χ2n) is 6.23. The molecule has 0 aliphatic heterocycles. The molecule has 1 unspecified atom stereocenters. The van der Waals surface area contributed by atoms with Gasteiger partial charge in [-0.2, -0.15) is 0 Å². The predicted octanol–water partition coefficient (Wildman–Crippen LogP) is 3.81. The van der Waals surface area contributed by atoms with Crippen LogP contribution in [0.4, 0.5) is 0 Å². The second-order valence-corrected chi connectivity index (χ2v) is 6.23. The molecule has 7 heteroatoms. The molecule has 0 saturated heterocycles. The van der Waals surface area contributed by atoms with Crippen LogP contribution in [0.3, 0.4) is 0 Å². The lowest BCUT2D eigenvalue weighted by Gasteiger charge is -2.14. The van der Waals surface area contributed by atoms with Crippen molar-refractivity contribution in [2.24, 2.45) is 0 Å². The van der Waals surface area contributed by atoms with E-state index >= 15 is 0 Å². The zero-order valence-corrected chi connectivity index (χ0v) is 16.7. The molecular formula is C22H22O7. The number of hydrogen-bond donors (Lipinski definition) is 0. The van der Waals surface area contributed by atoms with Crippen molar-refractivity contribution in [2.75, 3.05) is 20.8 Å². The second kappa shape index (κ2) is 8.68. The number of fused-ring (bicyclic) bond motifs is 1. The van der Waals surface area contributed by atoms with E-state index in [1.807, 2.05) is 0 Å². The maximum atomic E-state index is 12.7. The number of ether oxygens (including phenoxy) is 4. The minimum absolute atomic E-state index is 0.273. The number of methoxy groups -OCH3 is 2. The third kappa shape index (κ3) is 4.34. The fraction of sp³-hybridized carbons (Fsp3) is 0.273. The molecule has 0 fully saturated rings. The predicted molar refractivity (Wildman–Crippen MR) is 108 cm³/mol. The smallest absolute Gasteiger partial charge is 0.347 e. The molecule has 3 rings (SSSR count). The third-order valence-corrected chi connectivity index (χ3v) is 4.34. The minimum Gasteiger partial charge on any atom is -0.497 e. The molecule has 0 radical (unpaired) electrons. The van der Waals surface area contributed by atoms with E-state index in [0.717, 1.165) is 0 Å². The van der Waals surface area contributed by atoms with Crippen LogP contribution in [0.2, 0.25) is 0 Å². The number of esters is 1. The van der Waals surface area contributed by atoms with Crippen molar-refractivity contribution in [3.8, 4) is 28.4 Å². The summed E-state index contributed by atoms with van der Waals surface area (Å²) in [6.07, 6.45) is -0.778. The summed E-state index contributed by atoms with van der Waals surface area (Å²) >= 11 is 0. The van der Waals surface area contributed by atoms with Gasteiger partial charge in [0.15, 0.2) is 6.10 Å². The fourth-order valence-electron chi connectivity index (χ4n) is 2.89. The van der Waals surface area contributed by atoms with Gasteiger partial charge in [0.25, 0.3) is 0 Å². The van der Waals surface area contributed by atoms with Gasteiger partial charge in [-0.05, 0) is 50.2 Å². The first-order valence-corrected chi connectivity index (χ1v) is 9.10. The molecular weight excluding hydrogens is 376 g/mol. The maximum absolute atomic E-state index is 12.7. The SMILES string of the molecule is CCOC(=O)C(C)Oc1ccc2cc(-c3cc(OC)ccc3OC)c(=O)oc2c1. The van der Waals surface area contributed by atoms with Gasteiger partial charge in [-0.25, -0.2) is 9.59 Å². The van der Waals surface area contributed by atoms with Gasteiger partial charge in [0.05, 0.1) is 26.4 Å². The monoisotopic (exact) mass is 398 g/mol. The van der Waals surface area contributed by atoms with Gasteiger partial charge >= 0.3 is 11.6 Å². The van der Waals surface area contributed by atoms with E-state index < -0.39 is 17.7 Å². The van der Waals surface area contributed by atoms with Gasteiger partial charge < -0.3 is 23.4 Å². The van der Waals surface area contributed by atoms with E-state index in [0.29, 0.717) is 39.3 Å². The van der Waals surface area contributed by atoms with Crippen molar-refractivity contribution in [3.63, 3.8) is 0 Å². The lowest BCUT2D eigenvalue weighted by atomic mass is 10.0. The first kappa shape index (κ1) is 20.3. The zero-order valence-electron chi connectivity index (χ0n) is 16.7. The summed E-state index contributed by atoms with van der Waals surface area (Å²) in [5, 5.41) is 0.695. The average Bonchev–Trinajstić information content (AvgIpc) is 2.72. The Morgan fingerprint density at radius 1 is 1.00 bits per heavy atom. The lowest BCUT2D eigenvalue weighted by molar-refractivity contribution is -0.150. The molecule has 1 heterocycles. The van der Waals surface area contributed by atoms with Gasteiger partial charge in [0.2, 0.25) is 0 Å². The van der Waals surface area contributed by atoms with Gasteiger partial charge in [0.1, 0.15) is 22.8 Å². The van der Waals surface area contributed by atoms with Gasteiger partial charge in [0, 0.05) is 17.0 Å². The van der Waals surface area contributed by atoms with E-state index in [9.17, 15) is 9.59 Å². The molecule has 29 heavy (non-hydrogen) atoms. The van der Waals surface area contributed by atoms with Crippen LogP contribution in [-0.4, -0.2) is 32.9 Å². The highest BCUT2D eigenvalue weighted by Gasteiger charge is 2.17. The molecule has 0 aliphatic rings.